The fourth-order valence-corrected chi connectivity index (χ4v) is 4.05. The van der Waals surface area contributed by atoms with E-state index < -0.39 is 0 Å². The molecule has 144 valence electrons. The number of hydrogen-bond acceptors (Lipinski definition) is 4. The molecule has 2 saturated heterocycles. The second-order valence-electron chi connectivity index (χ2n) is 7.56. The lowest BCUT2D eigenvalue weighted by atomic mass is 9.88. The number of aromatic nitrogens is 2. The van der Waals surface area contributed by atoms with E-state index in [1.165, 1.54) is 6.92 Å². The van der Waals surface area contributed by atoms with Crippen LogP contribution in [0.25, 0.3) is 0 Å². The SMILES string of the molecule is CCCn1ncc(C(=O)N2CCC3(CC[C@H](CNC(C)=O)O3)CC2)c1C. The molecule has 1 atom stereocenters. The molecule has 1 N–H and O–H groups in total. The molecule has 2 aliphatic rings. The highest BCUT2D eigenvalue weighted by Gasteiger charge is 2.43. The first-order valence-electron chi connectivity index (χ1n) is 9.68. The maximum atomic E-state index is 12.9. The summed E-state index contributed by atoms with van der Waals surface area (Å²) < 4.78 is 8.17. The number of likely N-dealkylation sites (tertiary alicyclic amines) is 1. The minimum Gasteiger partial charge on any atom is -0.370 e. The molecule has 2 aliphatic heterocycles. The van der Waals surface area contributed by atoms with Crippen molar-refractivity contribution >= 4 is 11.8 Å². The van der Waals surface area contributed by atoms with Gasteiger partial charge in [-0.1, -0.05) is 6.92 Å². The topological polar surface area (TPSA) is 76.5 Å². The van der Waals surface area contributed by atoms with Gasteiger partial charge in [0.1, 0.15) is 0 Å². The molecule has 3 rings (SSSR count). The fraction of sp³-hybridized carbons (Fsp3) is 0.737. The summed E-state index contributed by atoms with van der Waals surface area (Å²) in [4.78, 5) is 25.9. The molecular formula is C19H30N4O3. The quantitative estimate of drug-likeness (QED) is 0.868. The number of hydrogen-bond donors (Lipinski definition) is 1. The Hall–Kier alpha value is -1.89. The standard InChI is InChI=1S/C19H30N4O3/c1-4-9-23-14(2)17(13-21-23)18(25)22-10-7-19(8-11-22)6-5-16(26-19)12-20-15(3)24/h13,16H,4-12H2,1-3H3,(H,20,24)/t16-/m1/s1. The van der Waals surface area contributed by atoms with Crippen LogP contribution in [0.1, 0.15) is 62.0 Å². The van der Waals surface area contributed by atoms with Crippen LogP contribution >= 0.6 is 0 Å². The Balaban J connectivity index is 1.55. The number of carbonyl (C=O) groups is 2. The fourth-order valence-electron chi connectivity index (χ4n) is 4.05. The van der Waals surface area contributed by atoms with Crippen molar-refractivity contribution < 1.29 is 14.3 Å². The summed E-state index contributed by atoms with van der Waals surface area (Å²) in [5, 5.41) is 7.19. The molecule has 0 radical (unpaired) electrons. The first-order chi connectivity index (χ1) is 12.4. The number of ether oxygens (including phenoxy) is 1. The molecule has 2 amide bonds. The normalized spacial score (nSPS) is 22.0. The third-order valence-corrected chi connectivity index (χ3v) is 5.65. The van der Waals surface area contributed by atoms with E-state index in [4.69, 9.17) is 4.74 Å². The summed E-state index contributed by atoms with van der Waals surface area (Å²) >= 11 is 0. The van der Waals surface area contributed by atoms with Crippen LogP contribution in [0.4, 0.5) is 0 Å². The molecule has 1 aromatic rings. The van der Waals surface area contributed by atoms with Gasteiger partial charge < -0.3 is 15.0 Å². The van der Waals surface area contributed by atoms with Crippen LogP contribution in [0.15, 0.2) is 6.20 Å². The third kappa shape index (κ3) is 3.92. The Kier molecular flexibility index (Phi) is 5.65. The molecule has 1 spiro atoms. The average Bonchev–Trinajstić information content (AvgIpc) is 3.18. The van der Waals surface area contributed by atoms with Crippen LogP contribution in [0.3, 0.4) is 0 Å². The third-order valence-electron chi connectivity index (χ3n) is 5.65. The summed E-state index contributed by atoms with van der Waals surface area (Å²) in [6.07, 6.45) is 6.49. The molecule has 0 unspecified atom stereocenters. The molecule has 3 heterocycles. The van der Waals surface area contributed by atoms with Crippen molar-refractivity contribution in [1.82, 2.24) is 20.0 Å². The van der Waals surface area contributed by atoms with E-state index in [9.17, 15) is 9.59 Å². The minimum absolute atomic E-state index is 0.0195. The Morgan fingerprint density at radius 2 is 2.08 bits per heavy atom. The lowest BCUT2D eigenvalue weighted by molar-refractivity contribution is -0.120. The summed E-state index contributed by atoms with van der Waals surface area (Å²) in [5.74, 6) is 0.0569. The van der Waals surface area contributed by atoms with Gasteiger partial charge in [0.2, 0.25) is 5.91 Å². The molecule has 7 heteroatoms. The number of nitrogens with zero attached hydrogens (tertiary/aromatic N) is 3. The van der Waals surface area contributed by atoms with Crippen molar-refractivity contribution in [3.8, 4) is 0 Å². The van der Waals surface area contributed by atoms with Gasteiger partial charge in [-0.3, -0.25) is 14.3 Å². The number of carbonyl (C=O) groups excluding carboxylic acids is 2. The Morgan fingerprint density at radius 1 is 1.35 bits per heavy atom. The summed E-state index contributed by atoms with van der Waals surface area (Å²) in [5.41, 5.74) is 1.54. The molecule has 0 aliphatic carbocycles. The highest BCUT2D eigenvalue weighted by Crippen LogP contribution is 2.39. The van der Waals surface area contributed by atoms with E-state index >= 15 is 0 Å². The maximum Gasteiger partial charge on any atom is 0.257 e. The van der Waals surface area contributed by atoms with Gasteiger partial charge in [0, 0.05) is 38.8 Å². The summed E-state index contributed by atoms with van der Waals surface area (Å²) in [6.45, 7) is 8.44. The van der Waals surface area contributed by atoms with Gasteiger partial charge in [-0.15, -0.1) is 0 Å². The van der Waals surface area contributed by atoms with Crippen LogP contribution < -0.4 is 5.32 Å². The van der Waals surface area contributed by atoms with Crippen LogP contribution in [-0.2, 0) is 16.1 Å². The first kappa shape index (κ1) is 18.9. The molecule has 0 aromatic carbocycles. The number of nitrogens with one attached hydrogen (secondary N) is 1. The van der Waals surface area contributed by atoms with E-state index in [0.717, 1.165) is 44.3 Å². The monoisotopic (exact) mass is 362 g/mol. The van der Waals surface area contributed by atoms with E-state index in [1.807, 2.05) is 16.5 Å². The highest BCUT2D eigenvalue weighted by molar-refractivity contribution is 5.95. The summed E-state index contributed by atoms with van der Waals surface area (Å²) in [6, 6.07) is 0. The van der Waals surface area contributed by atoms with Crippen molar-refractivity contribution in [2.75, 3.05) is 19.6 Å². The zero-order valence-electron chi connectivity index (χ0n) is 16.1. The van der Waals surface area contributed by atoms with E-state index in [2.05, 4.69) is 17.3 Å². The van der Waals surface area contributed by atoms with Crippen LogP contribution in [0, 0.1) is 6.92 Å². The zero-order valence-corrected chi connectivity index (χ0v) is 16.1. The van der Waals surface area contributed by atoms with Gasteiger partial charge in [0.05, 0.1) is 23.5 Å². The van der Waals surface area contributed by atoms with Gasteiger partial charge in [-0.25, -0.2) is 0 Å². The molecule has 0 saturated carbocycles. The second kappa shape index (κ2) is 7.78. The second-order valence-corrected chi connectivity index (χ2v) is 7.56. The molecule has 26 heavy (non-hydrogen) atoms. The number of rotatable bonds is 5. The van der Waals surface area contributed by atoms with Crippen molar-refractivity contribution in [3.05, 3.63) is 17.5 Å². The Labute approximate surface area is 155 Å². The maximum absolute atomic E-state index is 12.9. The van der Waals surface area contributed by atoms with Crippen LogP contribution in [-0.4, -0.2) is 57.8 Å². The molecular weight excluding hydrogens is 332 g/mol. The Morgan fingerprint density at radius 3 is 2.73 bits per heavy atom. The average molecular weight is 362 g/mol. The van der Waals surface area contributed by atoms with Crippen molar-refractivity contribution in [2.45, 2.75) is 71.1 Å². The van der Waals surface area contributed by atoms with Gasteiger partial charge in [-0.05, 0) is 39.0 Å². The smallest absolute Gasteiger partial charge is 0.257 e. The molecule has 7 nitrogen and oxygen atoms in total. The van der Waals surface area contributed by atoms with E-state index in [-0.39, 0.29) is 23.5 Å². The Bertz CT molecular complexity index is 662. The molecule has 1 aromatic heterocycles. The number of piperidine rings is 1. The predicted molar refractivity (Wildman–Crippen MR) is 97.9 cm³/mol. The van der Waals surface area contributed by atoms with Crippen molar-refractivity contribution in [1.29, 1.82) is 0 Å². The van der Waals surface area contributed by atoms with Crippen molar-refractivity contribution in [3.63, 3.8) is 0 Å². The van der Waals surface area contributed by atoms with Gasteiger partial charge >= 0.3 is 0 Å². The highest BCUT2D eigenvalue weighted by atomic mass is 16.5. The lowest BCUT2D eigenvalue weighted by Gasteiger charge is -2.39. The van der Waals surface area contributed by atoms with Gasteiger partial charge in [0.15, 0.2) is 0 Å². The predicted octanol–water partition coefficient (Wildman–Crippen LogP) is 1.89. The number of aryl methyl sites for hydroxylation is 1. The number of amides is 2. The van der Waals surface area contributed by atoms with E-state index in [0.29, 0.717) is 25.2 Å². The lowest BCUT2D eigenvalue weighted by Crippen LogP contribution is -2.47. The molecule has 0 bridgehead atoms. The minimum atomic E-state index is -0.124. The zero-order chi connectivity index (χ0) is 18.7. The van der Waals surface area contributed by atoms with Crippen LogP contribution in [0.5, 0.6) is 0 Å². The van der Waals surface area contributed by atoms with Gasteiger partial charge in [-0.2, -0.15) is 5.10 Å². The van der Waals surface area contributed by atoms with E-state index in [1.54, 1.807) is 6.20 Å². The van der Waals surface area contributed by atoms with Crippen LogP contribution in [0.2, 0.25) is 0 Å². The summed E-state index contributed by atoms with van der Waals surface area (Å²) in [7, 11) is 0. The molecule has 2 fully saturated rings. The van der Waals surface area contributed by atoms with Crippen molar-refractivity contribution in [2.24, 2.45) is 0 Å². The van der Waals surface area contributed by atoms with Gasteiger partial charge in [0.25, 0.3) is 5.91 Å². The first-order valence-corrected chi connectivity index (χ1v) is 9.68. The largest absolute Gasteiger partial charge is 0.370 e.